The van der Waals surface area contributed by atoms with Crippen molar-refractivity contribution in [2.24, 2.45) is 5.73 Å². The van der Waals surface area contributed by atoms with Gasteiger partial charge in [-0.1, -0.05) is 48.5 Å². The molecule has 0 bridgehead atoms. The average Bonchev–Trinajstić information content (AvgIpc) is 2.49. The Balaban J connectivity index is 1.58. The third kappa shape index (κ3) is 5.45. The summed E-state index contributed by atoms with van der Waals surface area (Å²) in [5, 5.41) is 0. The van der Waals surface area contributed by atoms with E-state index in [0.717, 1.165) is 31.4 Å². The molecule has 2 heteroatoms. The van der Waals surface area contributed by atoms with Gasteiger partial charge in [0.05, 0.1) is 6.61 Å². The predicted molar refractivity (Wildman–Crippen MR) is 83.9 cm³/mol. The molecule has 20 heavy (non-hydrogen) atoms. The van der Waals surface area contributed by atoms with Crippen LogP contribution in [0.15, 0.2) is 60.7 Å². The van der Waals surface area contributed by atoms with Crippen molar-refractivity contribution in [3.8, 4) is 5.75 Å². The number of nitrogens with two attached hydrogens (primary N) is 1. The second-order valence-electron chi connectivity index (χ2n) is 5.09. The van der Waals surface area contributed by atoms with Crippen molar-refractivity contribution in [3.05, 3.63) is 66.2 Å². The van der Waals surface area contributed by atoms with E-state index in [1.807, 2.05) is 30.3 Å². The molecular weight excluding hydrogens is 246 g/mol. The van der Waals surface area contributed by atoms with Gasteiger partial charge < -0.3 is 10.5 Å². The maximum Gasteiger partial charge on any atom is 0.119 e. The lowest BCUT2D eigenvalue weighted by Crippen LogP contribution is -2.22. The van der Waals surface area contributed by atoms with Crippen LogP contribution in [0.1, 0.15) is 24.8 Å². The van der Waals surface area contributed by atoms with Crippen molar-refractivity contribution in [1.82, 2.24) is 0 Å². The van der Waals surface area contributed by atoms with Crippen LogP contribution in [-0.4, -0.2) is 12.6 Å². The monoisotopic (exact) mass is 269 g/mol. The molecule has 1 unspecified atom stereocenters. The van der Waals surface area contributed by atoms with Crippen LogP contribution < -0.4 is 10.5 Å². The van der Waals surface area contributed by atoms with E-state index >= 15 is 0 Å². The summed E-state index contributed by atoms with van der Waals surface area (Å²) < 4.78 is 5.66. The molecule has 2 rings (SSSR count). The van der Waals surface area contributed by atoms with Gasteiger partial charge in [0.15, 0.2) is 0 Å². The Labute approximate surface area is 121 Å². The van der Waals surface area contributed by atoms with Crippen LogP contribution in [0.5, 0.6) is 5.75 Å². The minimum atomic E-state index is 0.224. The van der Waals surface area contributed by atoms with Crippen molar-refractivity contribution in [3.63, 3.8) is 0 Å². The first-order valence-electron chi connectivity index (χ1n) is 7.32. The largest absolute Gasteiger partial charge is 0.494 e. The van der Waals surface area contributed by atoms with E-state index in [4.69, 9.17) is 10.5 Å². The van der Waals surface area contributed by atoms with Crippen molar-refractivity contribution in [2.45, 2.75) is 31.7 Å². The first kappa shape index (κ1) is 14.6. The van der Waals surface area contributed by atoms with Gasteiger partial charge in [0.2, 0.25) is 0 Å². The standard InChI is InChI=1S/C18H23NO/c19-17(11-7-10-16-8-3-1-4-9-16)14-15-20-18-12-5-2-6-13-18/h1-6,8-9,12-13,17H,7,10-11,14-15,19H2. The van der Waals surface area contributed by atoms with Gasteiger partial charge in [0.1, 0.15) is 5.75 Å². The van der Waals surface area contributed by atoms with Crippen molar-refractivity contribution in [2.75, 3.05) is 6.61 Å². The summed E-state index contributed by atoms with van der Waals surface area (Å²) in [7, 11) is 0. The SMILES string of the molecule is NC(CCCc1ccccc1)CCOc1ccccc1. The van der Waals surface area contributed by atoms with Crippen LogP contribution in [-0.2, 0) is 6.42 Å². The van der Waals surface area contributed by atoms with Crippen LogP contribution in [0.25, 0.3) is 0 Å². The fourth-order valence-corrected chi connectivity index (χ4v) is 2.20. The lowest BCUT2D eigenvalue weighted by molar-refractivity contribution is 0.293. The van der Waals surface area contributed by atoms with Gasteiger partial charge in [0, 0.05) is 6.04 Å². The van der Waals surface area contributed by atoms with Gasteiger partial charge in [-0.3, -0.25) is 0 Å². The molecule has 2 aromatic carbocycles. The van der Waals surface area contributed by atoms with E-state index < -0.39 is 0 Å². The van der Waals surface area contributed by atoms with E-state index in [2.05, 4.69) is 30.3 Å². The molecule has 0 fully saturated rings. The average molecular weight is 269 g/mol. The molecule has 0 amide bonds. The Morgan fingerprint density at radius 3 is 2.20 bits per heavy atom. The Morgan fingerprint density at radius 1 is 0.850 bits per heavy atom. The fraction of sp³-hybridized carbons (Fsp3) is 0.333. The van der Waals surface area contributed by atoms with Gasteiger partial charge in [-0.05, 0) is 43.4 Å². The highest BCUT2D eigenvalue weighted by Crippen LogP contribution is 2.10. The Hall–Kier alpha value is -1.80. The zero-order chi connectivity index (χ0) is 14.0. The molecular formula is C18H23NO. The number of benzene rings is 2. The second kappa shape index (κ2) is 8.39. The molecule has 0 saturated carbocycles. The van der Waals surface area contributed by atoms with Gasteiger partial charge in [-0.2, -0.15) is 0 Å². The number of hydrogen-bond acceptors (Lipinski definition) is 2. The first-order chi connectivity index (χ1) is 9.84. The molecule has 0 saturated heterocycles. The first-order valence-corrected chi connectivity index (χ1v) is 7.32. The molecule has 106 valence electrons. The maximum atomic E-state index is 6.12. The van der Waals surface area contributed by atoms with E-state index in [9.17, 15) is 0 Å². The molecule has 0 aliphatic rings. The molecule has 2 N–H and O–H groups in total. The third-order valence-electron chi connectivity index (χ3n) is 3.38. The maximum absolute atomic E-state index is 6.12. The number of aryl methyl sites for hydroxylation is 1. The summed E-state index contributed by atoms with van der Waals surface area (Å²) in [5.74, 6) is 0.920. The Kier molecular flexibility index (Phi) is 6.12. The summed E-state index contributed by atoms with van der Waals surface area (Å²) >= 11 is 0. The number of rotatable bonds is 8. The fourth-order valence-electron chi connectivity index (χ4n) is 2.20. The quantitative estimate of drug-likeness (QED) is 0.791. The molecule has 1 atom stereocenters. The zero-order valence-corrected chi connectivity index (χ0v) is 11.9. The predicted octanol–water partition coefficient (Wildman–Crippen LogP) is 3.81. The highest BCUT2D eigenvalue weighted by atomic mass is 16.5. The molecule has 2 aromatic rings. The van der Waals surface area contributed by atoms with Crippen LogP contribution in [0.4, 0.5) is 0 Å². The van der Waals surface area contributed by atoms with Gasteiger partial charge >= 0.3 is 0 Å². The van der Waals surface area contributed by atoms with Gasteiger partial charge in [-0.25, -0.2) is 0 Å². The molecule has 2 nitrogen and oxygen atoms in total. The van der Waals surface area contributed by atoms with Gasteiger partial charge in [0.25, 0.3) is 0 Å². The number of para-hydroxylation sites is 1. The minimum absolute atomic E-state index is 0.224. The van der Waals surface area contributed by atoms with Crippen LogP contribution >= 0.6 is 0 Å². The van der Waals surface area contributed by atoms with E-state index in [0.29, 0.717) is 6.61 Å². The lowest BCUT2D eigenvalue weighted by atomic mass is 10.0. The molecule has 0 heterocycles. The van der Waals surface area contributed by atoms with Crippen molar-refractivity contribution < 1.29 is 4.74 Å². The van der Waals surface area contributed by atoms with E-state index in [1.54, 1.807) is 0 Å². The highest BCUT2D eigenvalue weighted by Gasteiger charge is 2.03. The summed E-state index contributed by atoms with van der Waals surface area (Å²) in [4.78, 5) is 0. The summed E-state index contributed by atoms with van der Waals surface area (Å²) in [5.41, 5.74) is 7.51. The smallest absolute Gasteiger partial charge is 0.119 e. The topological polar surface area (TPSA) is 35.2 Å². The normalized spacial score (nSPS) is 12.1. The number of ether oxygens (including phenoxy) is 1. The summed E-state index contributed by atoms with van der Waals surface area (Å²) in [6, 6.07) is 20.7. The summed E-state index contributed by atoms with van der Waals surface area (Å²) in [6.07, 6.45) is 4.20. The lowest BCUT2D eigenvalue weighted by Gasteiger charge is -2.12. The third-order valence-corrected chi connectivity index (χ3v) is 3.38. The molecule has 0 radical (unpaired) electrons. The zero-order valence-electron chi connectivity index (χ0n) is 11.9. The van der Waals surface area contributed by atoms with Gasteiger partial charge in [-0.15, -0.1) is 0 Å². The molecule has 0 aliphatic heterocycles. The molecule has 0 spiro atoms. The summed E-state index contributed by atoms with van der Waals surface area (Å²) in [6.45, 7) is 0.691. The van der Waals surface area contributed by atoms with E-state index in [-0.39, 0.29) is 6.04 Å². The van der Waals surface area contributed by atoms with Crippen LogP contribution in [0.3, 0.4) is 0 Å². The minimum Gasteiger partial charge on any atom is -0.494 e. The molecule has 0 aliphatic carbocycles. The van der Waals surface area contributed by atoms with Crippen molar-refractivity contribution >= 4 is 0 Å². The number of hydrogen-bond donors (Lipinski definition) is 1. The molecule has 0 aromatic heterocycles. The Morgan fingerprint density at radius 2 is 1.50 bits per heavy atom. The van der Waals surface area contributed by atoms with Crippen molar-refractivity contribution in [1.29, 1.82) is 0 Å². The highest BCUT2D eigenvalue weighted by molar-refractivity contribution is 5.20. The van der Waals surface area contributed by atoms with E-state index in [1.165, 1.54) is 5.56 Å². The van der Waals surface area contributed by atoms with Crippen LogP contribution in [0, 0.1) is 0 Å². The van der Waals surface area contributed by atoms with Crippen LogP contribution in [0.2, 0.25) is 0 Å². The second-order valence-corrected chi connectivity index (χ2v) is 5.09. The Bertz CT molecular complexity index is 424.